The van der Waals surface area contributed by atoms with Gasteiger partial charge >= 0.3 is 0 Å². The number of hydrogen-bond acceptors (Lipinski definition) is 1. The van der Waals surface area contributed by atoms with Gasteiger partial charge in [0, 0.05) is 0 Å². The molecule has 0 aromatic carbocycles. The molecular formula is C48H98O. The molecule has 1 nitrogen and oxygen atoms in total. The van der Waals surface area contributed by atoms with E-state index in [9.17, 15) is 0 Å². The quantitative estimate of drug-likeness (QED) is 0.0579. The second-order valence-electron chi connectivity index (χ2n) is 16.9. The molecule has 0 saturated heterocycles. The van der Waals surface area contributed by atoms with Crippen LogP contribution in [0.15, 0.2) is 0 Å². The van der Waals surface area contributed by atoms with Crippen molar-refractivity contribution in [2.24, 2.45) is 0 Å². The van der Waals surface area contributed by atoms with Gasteiger partial charge in [-0.05, 0) is 38.5 Å². The second kappa shape index (κ2) is 37.7. The van der Waals surface area contributed by atoms with Crippen molar-refractivity contribution < 1.29 is 4.74 Å². The molecule has 0 unspecified atom stereocenters. The van der Waals surface area contributed by atoms with Gasteiger partial charge in [0.2, 0.25) is 0 Å². The Balaban J connectivity index is 6.30. The highest BCUT2D eigenvalue weighted by atomic mass is 16.5. The summed E-state index contributed by atoms with van der Waals surface area (Å²) >= 11 is 0. The number of ether oxygens (including phenoxy) is 1. The normalized spacial score (nSPS) is 12.4. The number of unbranched alkanes of at least 4 members (excludes halogenated alkanes) is 28. The zero-order valence-electron chi connectivity index (χ0n) is 35.7. The van der Waals surface area contributed by atoms with Crippen LogP contribution in [0.3, 0.4) is 0 Å². The van der Waals surface area contributed by atoms with Crippen LogP contribution >= 0.6 is 0 Å². The Hall–Kier alpha value is -0.0400. The van der Waals surface area contributed by atoms with Gasteiger partial charge in [-0.2, -0.15) is 0 Å². The summed E-state index contributed by atoms with van der Waals surface area (Å²) in [5, 5.41) is 0. The van der Waals surface area contributed by atoms with E-state index in [4.69, 9.17) is 4.74 Å². The highest BCUT2D eigenvalue weighted by Crippen LogP contribution is 2.43. The van der Waals surface area contributed by atoms with Crippen molar-refractivity contribution >= 4 is 0 Å². The third-order valence-corrected chi connectivity index (χ3v) is 11.8. The first-order valence-electron chi connectivity index (χ1n) is 23.8. The Bertz CT molecular complexity index is 526. The van der Waals surface area contributed by atoms with E-state index in [-0.39, 0.29) is 11.2 Å². The van der Waals surface area contributed by atoms with Crippen molar-refractivity contribution in [3.63, 3.8) is 0 Å². The monoisotopic (exact) mass is 691 g/mol. The lowest BCUT2D eigenvalue weighted by atomic mass is 9.80. The highest BCUT2D eigenvalue weighted by Gasteiger charge is 2.40. The van der Waals surface area contributed by atoms with Crippen molar-refractivity contribution in [2.45, 2.75) is 310 Å². The summed E-state index contributed by atoms with van der Waals surface area (Å²) < 4.78 is 8.15. The fraction of sp³-hybridized carbons (Fsp3) is 1.00. The summed E-state index contributed by atoms with van der Waals surface area (Å²) in [5.74, 6) is 0. The number of hydrogen-bond donors (Lipinski definition) is 0. The number of rotatable bonds is 42. The zero-order valence-corrected chi connectivity index (χ0v) is 35.7. The van der Waals surface area contributed by atoms with Crippen molar-refractivity contribution in [3.05, 3.63) is 0 Å². The van der Waals surface area contributed by atoms with E-state index < -0.39 is 0 Å². The van der Waals surface area contributed by atoms with Crippen molar-refractivity contribution in [2.75, 3.05) is 0 Å². The molecule has 1 heteroatoms. The molecule has 0 aliphatic carbocycles. The van der Waals surface area contributed by atoms with Gasteiger partial charge < -0.3 is 4.74 Å². The molecule has 0 aromatic rings. The van der Waals surface area contributed by atoms with E-state index in [1.807, 2.05) is 0 Å². The zero-order chi connectivity index (χ0) is 36.0. The molecule has 0 fully saturated rings. The molecule has 0 spiro atoms. The van der Waals surface area contributed by atoms with Crippen LogP contribution in [0.25, 0.3) is 0 Å². The van der Waals surface area contributed by atoms with Crippen molar-refractivity contribution in [1.29, 1.82) is 0 Å². The first-order valence-corrected chi connectivity index (χ1v) is 23.8. The van der Waals surface area contributed by atoms with E-state index in [2.05, 4.69) is 41.5 Å². The Morgan fingerprint density at radius 1 is 0.204 bits per heavy atom. The molecule has 0 saturated carbocycles. The summed E-state index contributed by atoms with van der Waals surface area (Å²) in [6.45, 7) is 14.1. The van der Waals surface area contributed by atoms with Gasteiger partial charge in [0.25, 0.3) is 0 Å². The van der Waals surface area contributed by atoms with Crippen LogP contribution < -0.4 is 0 Å². The van der Waals surface area contributed by atoms with Gasteiger partial charge in [-0.15, -0.1) is 0 Å². The SMILES string of the molecule is CCCCCCCCC(CCCCCCC)(CCCCCCCC)OC(CCCCCCC)(CCCCCCCC)CCCCCCCC. The van der Waals surface area contributed by atoms with E-state index in [0.717, 1.165) is 0 Å². The van der Waals surface area contributed by atoms with Crippen molar-refractivity contribution in [3.8, 4) is 0 Å². The lowest BCUT2D eigenvalue weighted by molar-refractivity contribution is -0.182. The Morgan fingerprint density at radius 2 is 0.347 bits per heavy atom. The first-order chi connectivity index (χ1) is 24.1. The highest BCUT2D eigenvalue weighted by molar-refractivity contribution is 4.90. The molecule has 0 rings (SSSR count). The lowest BCUT2D eigenvalue weighted by Gasteiger charge is -2.46. The molecule has 0 heterocycles. The first kappa shape index (κ1) is 49.0. The van der Waals surface area contributed by atoms with Gasteiger partial charge in [-0.1, -0.05) is 260 Å². The summed E-state index contributed by atoms with van der Waals surface area (Å²) in [6, 6.07) is 0. The van der Waals surface area contributed by atoms with Gasteiger partial charge in [-0.3, -0.25) is 0 Å². The molecule has 0 aliphatic heterocycles. The van der Waals surface area contributed by atoms with Crippen LogP contribution in [0.5, 0.6) is 0 Å². The molecule has 0 amide bonds. The predicted molar refractivity (Wildman–Crippen MR) is 225 cm³/mol. The molecule has 0 aliphatic rings. The minimum Gasteiger partial charge on any atom is -0.369 e. The predicted octanol–water partition coefficient (Wildman–Crippen LogP) is 18.2. The lowest BCUT2D eigenvalue weighted by Crippen LogP contribution is -2.45. The van der Waals surface area contributed by atoms with Gasteiger partial charge in [0.15, 0.2) is 0 Å². The van der Waals surface area contributed by atoms with Crippen LogP contribution in [0.4, 0.5) is 0 Å². The van der Waals surface area contributed by atoms with Gasteiger partial charge in [0.1, 0.15) is 0 Å². The van der Waals surface area contributed by atoms with Crippen LogP contribution in [0, 0.1) is 0 Å². The Kier molecular flexibility index (Phi) is 37.7. The topological polar surface area (TPSA) is 9.23 Å². The van der Waals surface area contributed by atoms with Crippen molar-refractivity contribution in [1.82, 2.24) is 0 Å². The van der Waals surface area contributed by atoms with Crippen LogP contribution in [0.1, 0.15) is 298 Å². The summed E-state index contributed by atoms with van der Waals surface area (Å²) in [5.41, 5.74) is 0.213. The minimum atomic E-state index is 0.107. The summed E-state index contributed by atoms with van der Waals surface area (Å²) in [4.78, 5) is 0. The average Bonchev–Trinajstić information content (AvgIpc) is 3.10. The molecule has 0 bridgehead atoms. The van der Waals surface area contributed by atoms with Crippen LogP contribution in [0.2, 0.25) is 0 Å². The van der Waals surface area contributed by atoms with Gasteiger partial charge in [-0.25, -0.2) is 0 Å². The van der Waals surface area contributed by atoms with Crippen LogP contribution in [-0.4, -0.2) is 11.2 Å². The molecule has 49 heavy (non-hydrogen) atoms. The molecule has 0 aromatic heterocycles. The molecule has 0 atom stereocenters. The Labute approximate surface area is 313 Å². The van der Waals surface area contributed by atoms with E-state index >= 15 is 0 Å². The molecule has 296 valence electrons. The average molecular weight is 691 g/mol. The Morgan fingerprint density at radius 3 is 0.510 bits per heavy atom. The standard InChI is InChI=1S/C48H98O/c1-7-13-19-25-31-37-43-47(41-35-29-23-17-11-5,44-38-32-26-20-14-8-2)49-48(42-36-30-24-18-12-6,45-39-33-27-21-15-9-3)46-40-34-28-22-16-10-4/h7-46H2,1-6H3. The second-order valence-corrected chi connectivity index (χ2v) is 16.9. The molecular weight excluding hydrogens is 593 g/mol. The maximum atomic E-state index is 8.15. The smallest absolute Gasteiger partial charge is 0.0690 e. The molecule has 0 N–H and O–H groups in total. The summed E-state index contributed by atoms with van der Waals surface area (Å²) in [7, 11) is 0. The fourth-order valence-corrected chi connectivity index (χ4v) is 8.53. The van der Waals surface area contributed by atoms with E-state index in [1.165, 1.54) is 257 Å². The van der Waals surface area contributed by atoms with E-state index in [0.29, 0.717) is 0 Å². The van der Waals surface area contributed by atoms with E-state index in [1.54, 1.807) is 0 Å². The van der Waals surface area contributed by atoms with Gasteiger partial charge in [0.05, 0.1) is 11.2 Å². The molecule has 0 radical (unpaired) electrons. The fourth-order valence-electron chi connectivity index (χ4n) is 8.53. The largest absolute Gasteiger partial charge is 0.369 e. The maximum Gasteiger partial charge on any atom is 0.0690 e. The third-order valence-electron chi connectivity index (χ3n) is 11.8. The summed E-state index contributed by atoms with van der Waals surface area (Å²) in [6.07, 6.45) is 55.5. The third kappa shape index (κ3) is 30.2. The van der Waals surface area contributed by atoms with Crippen LogP contribution in [-0.2, 0) is 4.74 Å². The maximum absolute atomic E-state index is 8.15. The minimum absolute atomic E-state index is 0.107.